The van der Waals surface area contributed by atoms with Gasteiger partial charge in [-0.2, -0.15) is 0 Å². The molecule has 6 heteroatoms. The SMILES string of the molecule is CCS(=O)(=O)N1CC[C@@]2(C1)C(=O)N(C)c1ccccc12. The number of sulfonamides is 1. The summed E-state index contributed by atoms with van der Waals surface area (Å²) in [7, 11) is -1.49. The third kappa shape index (κ3) is 1.64. The number of para-hydroxylation sites is 1. The van der Waals surface area contributed by atoms with Crippen LogP contribution in [0, 0.1) is 0 Å². The van der Waals surface area contributed by atoms with Crippen molar-refractivity contribution in [1.29, 1.82) is 0 Å². The molecule has 0 aromatic heterocycles. The largest absolute Gasteiger partial charge is 0.314 e. The zero-order valence-electron chi connectivity index (χ0n) is 11.7. The van der Waals surface area contributed by atoms with Crippen molar-refractivity contribution in [2.75, 3.05) is 30.8 Å². The Morgan fingerprint density at radius 3 is 2.70 bits per heavy atom. The van der Waals surface area contributed by atoms with Crippen LogP contribution >= 0.6 is 0 Å². The van der Waals surface area contributed by atoms with Crippen LogP contribution in [0.1, 0.15) is 18.9 Å². The molecule has 1 amide bonds. The Kier molecular flexibility index (Phi) is 2.92. The first-order chi connectivity index (χ1) is 9.42. The van der Waals surface area contributed by atoms with Crippen LogP contribution in [-0.4, -0.2) is 44.5 Å². The van der Waals surface area contributed by atoms with Crippen molar-refractivity contribution in [3.05, 3.63) is 29.8 Å². The van der Waals surface area contributed by atoms with E-state index in [2.05, 4.69) is 0 Å². The number of carbonyl (C=O) groups is 1. The van der Waals surface area contributed by atoms with Gasteiger partial charge in [0.2, 0.25) is 15.9 Å². The van der Waals surface area contributed by atoms with E-state index in [9.17, 15) is 13.2 Å². The van der Waals surface area contributed by atoms with Crippen LogP contribution in [0.2, 0.25) is 0 Å². The Labute approximate surface area is 119 Å². The third-order valence-electron chi connectivity index (χ3n) is 4.49. The number of benzene rings is 1. The van der Waals surface area contributed by atoms with E-state index >= 15 is 0 Å². The molecule has 1 spiro atoms. The van der Waals surface area contributed by atoms with Crippen molar-refractivity contribution in [2.45, 2.75) is 18.8 Å². The molecule has 0 N–H and O–H groups in total. The van der Waals surface area contributed by atoms with Gasteiger partial charge in [-0.15, -0.1) is 0 Å². The zero-order chi connectivity index (χ0) is 14.5. The van der Waals surface area contributed by atoms with Crippen LogP contribution in [0.3, 0.4) is 0 Å². The van der Waals surface area contributed by atoms with E-state index in [1.54, 1.807) is 18.9 Å². The Bertz CT molecular complexity index is 671. The molecule has 0 aliphatic carbocycles. The van der Waals surface area contributed by atoms with Crippen LogP contribution in [0.15, 0.2) is 24.3 Å². The molecule has 3 rings (SSSR count). The maximum absolute atomic E-state index is 12.7. The smallest absolute Gasteiger partial charge is 0.238 e. The van der Waals surface area contributed by atoms with E-state index in [1.807, 2.05) is 24.3 Å². The van der Waals surface area contributed by atoms with E-state index in [-0.39, 0.29) is 18.2 Å². The van der Waals surface area contributed by atoms with Gasteiger partial charge in [-0.1, -0.05) is 18.2 Å². The summed E-state index contributed by atoms with van der Waals surface area (Å²) < 4.78 is 25.5. The topological polar surface area (TPSA) is 57.7 Å². The van der Waals surface area contributed by atoms with Crippen molar-refractivity contribution in [3.8, 4) is 0 Å². The fourth-order valence-corrected chi connectivity index (χ4v) is 4.46. The quantitative estimate of drug-likeness (QED) is 0.816. The number of likely N-dealkylation sites (N-methyl/N-ethyl adjacent to an activating group) is 1. The van der Waals surface area contributed by atoms with E-state index in [4.69, 9.17) is 0 Å². The van der Waals surface area contributed by atoms with E-state index < -0.39 is 15.4 Å². The molecule has 0 saturated carbocycles. The predicted octanol–water partition coefficient (Wildman–Crippen LogP) is 0.956. The first kappa shape index (κ1) is 13.6. The molecule has 5 nitrogen and oxygen atoms in total. The van der Waals surface area contributed by atoms with Gasteiger partial charge in [0.1, 0.15) is 0 Å². The minimum absolute atomic E-state index is 0.00695. The highest BCUT2D eigenvalue weighted by Crippen LogP contribution is 2.47. The molecule has 0 radical (unpaired) electrons. The molecule has 108 valence electrons. The molecule has 2 aliphatic heterocycles. The molecule has 0 bridgehead atoms. The standard InChI is InChI=1S/C14H18N2O3S/c1-3-20(18,19)16-9-8-14(10-16)11-6-4-5-7-12(11)15(2)13(14)17/h4-7H,3,8-10H2,1-2H3/t14-/m0/s1. The maximum Gasteiger partial charge on any atom is 0.238 e. The van der Waals surface area contributed by atoms with E-state index in [0.717, 1.165) is 11.3 Å². The monoisotopic (exact) mass is 294 g/mol. The zero-order valence-corrected chi connectivity index (χ0v) is 12.5. The summed E-state index contributed by atoms with van der Waals surface area (Å²) in [6, 6.07) is 7.67. The summed E-state index contributed by atoms with van der Waals surface area (Å²) in [5.74, 6) is 0.0851. The molecule has 1 atom stereocenters. The number of hydrogen-bond acceptors (Lipinski definition) is 3. The number of nitrogens with zero attached hydrogens (tertiary/aromatic N) is 2. The van der Waals surface area contributed by atoms with Crippen molar-refractivity contribution < 1.29 is 13.2 Å². The highest BCUT2D eigenvalue weighted by atomic mass is 32.2. The second-order valence-corrected chi connectivity index (χ2v) is 7.71. The Balaban J connectivity index is 2.05. The van der Waals surface area contributed by atoms with Gasteiger partial charge in [-0.05, 0) is 25.0 Å². The number of amides is 1. The lowest BCUT2D eigenvalue weighted by Crippen LogP contribution is -2.42. The molecule has 0 unspecified atom stereocenters. The Hall–Kier alpha value is -1.40. The van der Waals surface area contributed by atoms with Gasteiger partial charge in [0, 0.05) is 25.8 Å². The Morgan fingerprint density at radius 1 is 1.30 bits per heavy atom. The van der Waals surface area contributed by atoms with Crippen molar-refractivity contribution >= 4 is 21.6 Å². The highest BCUT2D eigenvalue weighted by Gasteiger charge is 2.54. The Morgan fingerprint density at radius 2 is 2.00 bits per heavy atom. The molecule has 20 heavy (non-hydrogen) atoms. The van der Waals surface area contributed by atoms with Gasteiger partial charge >= 0.3 is 0 Å². The highest BCUT2D eigenvalue weighted by molar-refractivity contribution is 7.89. The van der Waals surface area contributed by atoms with Gasteiger partial charge in [-0.3, -0.25) is 4.79 Å². The second kappa shape index (κ2) is 4.30. The van der Waals surface area contributed by atoms with Crippen molar-refractivity contribution in [3.63, 3.8) is 0 Å². The normalized spacial score (nSPS) is 26.5. The summed E-state index contributed by atoms with van der Waals surface area (Å²) in [5, 5.41) is 0. The van der Waals surface area contributed by atoms with E-state index in [0.29, 0.717) is 13.0 Å². The minimum atomic E-state index is -3.24. The molecule has 2 heterocycles. The van der Waals surface area contributed by atoms with Gasteiger partial charge in [-0.25, -0.2) is 12.7 Å². The van der Waals surface area contributed by atoms with Gasteiger partial charge in [0.15, 0.2) is 0 Å². The average molecular weight is 294 g/mol. The van der Waals surface area contributed by atoms with Gasteiger partial charge in [0.25, 0.3) is 0 Å². The lowest BCUT2D eigenvalue weighted by atomic mass is 9.81. The van der Waals surface area contributed by atoms with Crippen LogP contribution < -0.4 is 4.90 Å². The number of hydrogen-bond donors (Lipinski definition) is 0. The summed E-state index contributed by atoms with van der Waals surface area (Å²) in [5.41, 5.74) is 1.17. The number of anilines is 1. The summed E-state index contributed by atoms with van der Waals surface area (Å²) in [6.07, 6.45) is 0.562. The van der Waals surface area contributed by atoms with Crippen molar-refractivity contribution in [2.24, 2.45) is 0 Å². The molecular formula is C14H18N2O3S. The second-order valence-electron chi connectivity index (χ2n) is 5.45. The minimum Gasteiger partial charge on any atom is -0.314 e. The number of rotatable bonds is 2. The van der Waals surface area contributed by atoms with Gasteiger partial charge in [0.05, 0.1) is 11.2 Å². The first-order valence-corrected chi connectivity index (χ1v) is 8.39. The third-order valence-corrected chi connectivity index (χ3v) is 6.32. The van der Waals surface area contributed by atoms with E-state index in [1.165, 1.54) is 4.31 Å². The average Bonchev–Trinajstić information content (AvgIpc) is 2.99. The fraction of sp³-hybridized carbons (Fsp3) is 0.500. The molecular weight excluding hydrogens is 276 g/mol. The molecule has 1 aromatic rings. The van der Waals surface area contributed by atoms with Gasteiger partial charge < -0.3 is 4.90 Å². The summed E-state index contributed by atoms with van der Waals surface area (Å²) in [4.78, 5) is 14.3. The predicted molar refractivity (Wildman–Crippen MR) is 77.2 cm³/mol. The lowest BCUT2D eigenvalue weighted by molar-refractivity contribution is -0.122. The molecule has 1 fully saturated rings. The summed E-state index contributed by atoms with van der Waals surface area (Å²) >= 11 is 0. The lowest BCUT2D eigenvalue weighted by Gasteiger charge is -2.23. The van der Waals surface area contributed by atoms with Crippen molar-refractivity contribution in [1.82, 2.24) is 4.31 Å². The first-order valence-electron chi connectivity index (χ1n) is 6.78. The van der Waals surface area contributed by atoms with Crippen LogP contribution in [0.5, 0.6) is 0 Å². The number of carbonyl (C=O) groups excluding carboxylic acids is 1. The maximum atomic E-state index is 12.7. The van der Waals surface area contributed by atoms with Crippen LogP contribution in [0.4, 0.5) is 5.69 Å². The molecule has 1 aromatic carbocycles. The molecule has 2 aliphatic rings. The van der Waals surface area contributed by atoms with Crippen LogP contribution in [0.25, 0.3) is 0 Å². The summed E-state index contributed by atoms with van der Waals surface area (Å²) in [6.45, 7) is 2.32. The number of fused-ring (bicyclic) bond motifs is 2. The van der Waals surface area contributed by atoms with Crippen LogP contribution in [-0.2, 0) is 20.2 Å². The molecule has 1 saturated heterocycles. The fourth-order valence-electron chi connectivity index (χ4n) is 3.31.